The van der Waals surface area contributed by atoms with E-state index in [0.717, 1.165) is 4.90 Å². The number of nitrogens with one attached hydrogen (secondary N) is 2. The summed E-state index contributed by atoms with van der Waals surface area (Å²) in [5.74, 6) is -2.60. The molecule has 1 aromatic carbocycles. The fourth-order valence-electron chi connectivity index (χ4n) is 2.55. The first kappa shape index (κ1) is 19.9. The molecule has 0 spiro atoms. The maximum atomic E-state index is 12.0. The summed E-state index contributed by atoms with van der Waals surface area (Å²) in [6.45, 7) is 0.618. The monoisotopic (exact) mass is 373 g/mol. The van der Waals surface area contributed by atoms with Crippen LogP contribution in [0.5, 0.6) is 5.75 Å². The van der Waals surface area contributed by atoms with Crippen LogP contribution in [0.2, 0.25) is 0 Å². The molecule has 8 heteroatoms. The van der Waals surface area contributed by atoms with E-state index in [4.69, 9.17) is 5.11 Å². The summed E-state index contributed by atoms with van der Waals surface area (Å²) in [7, 11) is 0. The van der Waals surface area contributed by atoms with E-state index in [1.165, 1.54) is 30.4 Å². The maximum Gasteiger partial charge on any atom is 0.337 e. The number of phenolic OH excluding ortho intramolecular Hbond substituents is 1. The van der Waals surface area contributed by atoms with E-state index >= 15 is 0 Å². The third-order valence-corrected chi connectivity index (χ3v) is 4.01. The molecule has 8 nitrogen and oxygen atoms in total. The van der Waals surface area contributed by atoms with Crippen molar-refractivity contribution in [1.29, 1.82) is 0 Å². The van der Waals surface area contributed by atoms with Crippen molar-refractivity contribution in [2.45, 2.75) is 12.5 Å². The van der Waals surface area contributed by atoms with Crippen LogP contribution in [-0.4, -0.2) is 52.3 Å². The normalized spacial score (nSPS) is 17.3. The van der Waals surface area contributed by atoms with E-state index in [9.17, 15) is 24.6 Å². The van der Waals surface area contributed by atoms with E-state index in [0.29, 0.717) is 12.1 Å². The third-order valence-electron chi connectivity index (χ3n) is 4.01. The Labute approximate surface area is 155 Å². The summed E-state index contributed by atoms with van der Waals surface area (Å²) < 4.78 is 0. The highest BCUT2D eigenvalue weighted by Gasteiger charge is 2.23. The Bertz CT molecular complexity index is 795. The second-order valence-electron chi connectivity index (χ2n) is 6.05. The molecule has 1 amide bonds. The standard InChI is InChI=1S/C19H20N2O6/c22-15-6-3-13(4-7-15)5-8-17(23)20-16(19(26)27)9-11-21-10-1-2-14(12-21)18(24)25/h1-8,10,16,22H,9,11-12H2,(H,20,23)(H,24,25)(H,26,27)/p+1/b8-5+/t16-/m0/s1. The van der Waals surface area contributed by atoms with Crippen molar-refractivity contribution < 1.29 is 34.6 Å². The fourth-order valence-corrected chi connectivity index (χ4v) is 2.55. The van der Waals surface area contributed by atoms with E-state index in [1.807, 2.05) is 0 Å². The molecule has 0 radical (unpaired) electrons. The summed E-state index contributed by atoms with van der Waals surface area (Å²) in [4.78, 5) is 35.2. The first-order valence-corrected chi connectivity index (χ1v) is 8.31. The molecule has 1 aliphatic heterocycles. The van der Waals surface area contributed by atoms with Gasteiger partial charge in [-0.05, 0) is 35.9 Å². The number of hydrogen-bond donors (Lipinski definition) is 5. The van der Waals surface area contributed by atoms with Crippen molar-refractivity contribution in [3.8, 4) is 5.75 Å². The molecular formula is C19H21N2O6+. The Morgan fingerprint density at radius 3 is 2.52 bits per heavy atom. The molecule has 2 atom stereocenters. The number of benzene rings is 1. The Balaban J connectivity index is 1.88. The molecule has 0 aliphatic carbocycles. The number of quaternary nitrogens is 1. The number of carbonyl (C=O) groups is 3. The fraction of sp³-hybridized carbons (Fsp3) is 0.211. The second-order valence-corrected chi connectivity index (χ2v) is 6.05. The number of hydrogen-bond acceptors (Lipinski definition) is 4. The van der Waals surface area contributed by atoms with Crippen LogP contribution in [0.15, 0.2) is 54.3 Å². The molecule has 1 aromatic rings. The summed E-state index contributed by atoms with van der Waals surface area (Å²) >= 11 is 0. The van der Waals surface area contributed by atoms with Crippen LogP contribution in [-0.2, 0) is 14.4 Å². The molecule has 1 heterocycles. The molecule has 0 bridgehead atoms. The van der Waals surface area contributed by atoms with E-state index < -0.39 is 23.9 Å². The topological polar surface area (TPSA) is 128 Å². The van der Waals surface area contributed by atoms with Gasteiger partial charge in [0.2, 0.25) is 5.91 Å². The number of carboxylic acids is 2. The number of rotatable bonds is 8. The average Bonchev–Trinajstić information content (AvgIpc) is 2.64. The lowest BCUT2D eigenvalue weighted by Gasteiger charge is -2.20. The number of carboxylic acid groups (broad SMARTS) is 2. The van der Waals surface area contributed by atoms with Crippen molar-refractivity contribution in [2.75, 3.05) is 13.1 Å². The van der Waals surface area contributed by atoms with E-state index in [-0.39, 0.29) is 24.3 Å². The average molecular weight is 373 g/mol. The Morgan fingerprint density at radius 2 is 1.89 bits per heavy atom. The van der Waals surface area contributed by atoms with Gasteiger partial charge < -0.3 is 25.5 Å². The molecule has 142 valence electrons. The summed E-state index contributed by atoms with van der Waals surface area (Å²) in [6.07, 6.45) is 7.78. The maximum absolute atomic E-state index is 12.0. The van der Waals surface area contributed by atoms with Crippen LogP contribution in [0.3, 0.4) is 0 Å². The van der Waals surface area contributed by atoms with E-state index in [2.05, 4.69) is 5.32 Å². The molecule has 0 saturated heterocycles. The minimum atomic E-state index is -1.16. The Morgan fingerprint density at radius 1 is 1.19 bits per heavy atom. The van der Waals surface area contributed by atoms with Crippen LogP contribution in [0.25, 0.3) is 6.08 Å². The number of amides is 1. The molecule has 27 heavy (non-hydrogen) atoms. The van der Waals surface area contributed by atoms with Crippen molar-refractivity contribution in [3.63, 3.8) is 0 Å². The molecule has 1 unspecified atom stereocenters. The quantitative estimate of drug-likeness (QED) is 0.401. The van der Waals surface area contributed by atoms with Gasteiger partial charge in [0.15, 0.2) is 0 Å². The highest BCUT2D eigenvalue weighted by Crippen LogP contribution is 2.10. The molecule has 5 N–H and O–H groups in total. The number of carbonyl (C=O) groups excluding carboxylic acids is 1. The third kappa shape index (κ3) is 6.44. The van der Waals surface area contributed by atoms with E-state index in [1.54, 1.807) is 24.4 Å². The van der Waals surface area contributed by atoms with Crippen LogP contribution in [0.1, 0.15) is 12.0 Å². The lowest BCUT2D eigenvalue weighted by molar-refractivity contribution is -0.842. The van der Waals surface area contributed by atoms with Crippen molar-refractivity contribution >= 4 is 23.9 Å². The largest absolute Gasteiger partial charge is 0.508 e. The minimum Gasteiger partial charge on any atom is -0.508 e. The predicted octanol–water partition coefficient (Wildman–Crippen LogP) is -0.212. The lowest BCUT2D eigenvalue weighted by atomic mass is 10.1. The van der Waals surface area contributed by atoms with Gasteiger partial charge in [0, 0.05) is 12.5 Å². The lowest BCUT2D eigenvalue weighted by Crippen LogP contribution is -3.08. The summed E-state index contributed by atoms with van der Waals surface area (Å²) in [5.41, 5.74) is 0.936. The first-order chi connectivity index (χ1) is 12.8. The highest BCUT2D eigenvalue weighted by molar-refractivity contribution is 5.94. The Hall–Kier alpha value is -3.39. The molecular weight excluding hydrogens is 352 g/mol. The van der Waals surface area contributed by atoms with Crippen LogP contribution < -0.4 is 10.2 Å². The molecule has 2 rings (SSSR count). The molecule has 0 saturated carbocycles. The number of aromatic hydroxyl groups is 1. The van der Waals surface area contributed by atoms with Crippen LogP contribution in [0, 0.1) is 0 Å². The van der Waals surface area contributed by atoms with Gasteiger partial charge in [-0.3, -0.25) is 4.79 Å². The van der Waals surface area contributed by atoms with Crippen molar-refractivity contribution in [2.24, 2.45) is 0 Å². The van der Waals surface area contributed by atoms with Gasteiger partial charge in [-0.1, -0.05) is 12.1 Å². The van der Waals surface area contributed by atoms with Gasteiger partial charge in [0.25, 0.3) is 0 Å². The summed E-state index contributed by atoms with van der Waals surface area (Å²) in [6, 6.07) is 5.11. The van der Waals surface area contributed by atoms with Gasteiger partial charge in [0.05, 0.1) is 18.3 Å². The smallest absolute Gasteiger partial charge is 0.337 e. The molecule has 0 aromatic heterocycles. The van der Waals surface area contributed by atoms with Gasteiger partial charge in [0.1, 0.15) is 18.3 Å². The van der Waals surface area contributed by atoms with Crippen LogP contribution in [0.4, 0.5) is 0 Å². The SMILES string of the molecule is O=C(/C=C/c1ccc(O)cc1)N[C@@H](CC[NH+]1C=CC=C(C(=O)O)C1)C(=O)O. The molecule has 0 fully saturated rings. The minimum absolute atomic E-state index is 0.109. The highest BCUT2D eigenvalue weighted by atomic mass is 16.4. The van der Waals surface area contributed by atoms with Crippen molar-refractivity contribution in [1.82, 2.24) is 5.32 Å². The van der Waals surface area contributed by atoms with Crippen molar-refractivity contribution in [3.05, 3.63) is 59.8 Å². The number of aliphatic carboxylic acids is 2. The van der Waals surface area contributed by atoms with Gasteiger partial charge in [-0.15, -0.1) is 0 Å². The molecule has 1 aliphatic rings. The second kappa shape index (κ2) is 9.35. The van der Waals surface area contributed by atoms with Gasteiger partial charge in [-0.25, -0.2) is 9.59 Å². The van der Waals surface area contributed by atoms with Gasteiger partial charge in [-0.2, -0.15) is 0 Å². The van der Waals surface area contributed by atoms with Crippen LogP contribution >= 0.6 is 0 Å². The predicted molar refractivity (Wildman–Crippen MR) is 96.9 cm³/mol. The van der Waals surface area contributed by atoms with Gasteiger partial charge >= 0.3 is 11.9 Å². The zero-order valence-electron chi connectivity index (χ0n) is 14.5. The number of phenols is 1. The summed E-state index contributed by atoms with van der Waals surface area (Å²) in [5, 5.41) is 30.0. The Kier molecular flexibility index (Phi) is 6.90. The number of allylic oxidation sites excluding steroid dienone is 2. The first-order valence-electron chi connectivity index (χ1n) is 8.31. The zero-order valence-corrected chi connectivity index (χ0v) is 14.5. The zero-order chi connectivity index (χ0) is 19.8.